The van der Waals surface area contributed by atoms with Crippen LogP contribution in [0.1, 0.15) is 29.1 Å². The van der Waals surface area contributed by atoms with Crippen molar-refractivity contribution in [1.29, 1.82) is 0 Å². The highest BCUT2D eigenvalue weighted by Gasteiger charge is 2.36. The lowest BCUT2D eigenvalue weighted by atomic mass is 10.0. The number of pyridine rings is 1. The van der Waals surface area contributed by atoms with E-state index < -0.39 is 17.2 Å². The number of anilines is 1. The highest BCUT2D eigenvalue weighted by Crippen LogP contribution is 2.46. The van der Waals surface area contributed by atoms with Crippen molar-refractivity contribution >= 4 is 34.3 Å². The number of carboxylic acids is 1. The topological polar surface area (TPSA) is 106 Å². The number of fused-ring (bicyclic) bond motifs is 4. The Morgan fingerprint density at radius 2 is 2.00 bits per heavy atom. The van der Waals surface area contributed by atoms with Crippen molar-refractivity contribution in [3.8, 4) is 0 Å². The van der Waals surface area contributed by atoms with Gasteiger partial charge in [0.1, 0.15) is 22.9 Å². The van der Waals surface area contributed by atoms with Gasteiger partial charge in [0.05, 0.1) is 28.1 Å². The van der Waals surface area contributed by atoms with Crippen LogP contribution in [0.15, 0.2) is 33.5 Å². The van der Waals surface area contributed by atoms with Gasteiger partial charge in [-0.1, -0.05) is 11.8 Å². The number of hydrogen-bond acceptors (Lipinski definition) is 7. The molecule has 30 heavy (non-hydrogen) atoms. The molecular weight excluding hydrogens is 413 g/mol. The summed E-state index contributed by atoms with van der Waals surface area (Å²) in [5, 5.41) is 29.5. The van der Waals surface area contributed by atoms with Crippen LogP contribution in [0.4, 0.5) is 10.1 Å². The van der Waals surface area contributed by atoms with E-state index in [1.165, 1.54) is 11.8 Å². The molecule has 1 aromatic carbocycles. The number of piperazine rings is 1. The number of benzene rings is 1. The van der Waals surface area contributed by atoms with Crippen molar-refractivity contribution in [2.45, 2.75) is 29.8 Å². The minimum atomic E-state index is -1.31. The molecule has 2 aromatic rings. The zero-order chi connectivity index (χ0) is 21.3. The average Bonchev–Trinajstić information content (AvgIpc) is 2.68. The Morgan fingerprint density at radius 1 is 1.23 bits per heavy atom. The van der Waals surface area contributed by atoms with E-state index >= 15 is 4.39 Å². The lowest BCUT2D eigenvalue weighted by Crippen LogP contribution is -2.55. The number of aromatic nitrogens is 1. The van der Waals surface area contributed by atoms with Gasteiger partial charge in [-0.2, -0.15) is 0 Å². The number of rotatable bonds is 2. The fourth-order valence-electron chi connectivity index (χ4n) is 4.60. The van der Waals surface area contributed by atoms with Crippen LogP contribution in [-0.2, 0) is 0 Å². The smallest absolute Gasteiger partial charge is 0.342 e. The normalized spacial score (nSPS) is 23.9. The molecule has 8 nitrogen and oxygen atoms in total. The number of carbonyl (C=O) groups is 1. The Labute approximate surface area is 174 Å². The zero-order valence-electron chi connectivity index (χ0n) is 16.1. The van der Waals surface area contributed by atoms with Crippen molar-refractivity contribution in [2.75, 3.05) is 31.1 Å². The maximum absolute atomic E-state index is 15.1. The number of halogens is 1. The number of aliphatic hydroxyl groups is 2. The van der Waals surface area contributed by atoms with Crippen molar-refractivity contribution in [3.63, 3.8) is 0 Å². The molecule has 1 aromatic heterocycles. The lowest BCUT2D eigenvalue weighted by molar-refractivity contribution is 0.0689. The molecule has 3 N–H and O–H groups in total. The van der Waals surface area contributed by atoms with Crippen LogP contribution in [0.3, 0.4) is 0 Å². The third-order valence-electron chi connectivity index (χ3n) is 6.15. The number of hydrogen-bond donors (Lipinski definition) is 3. The van der Waals surface area contributed by atoms with Gasteiger partial charge in [-0.05, 0) is 19.1 Å². The molecule has 0 spiro atoms. The molecule has 158 valence electrons. The van der Waals surface area contributed by atoms with Crippen LogP contribution in [0.2, 0.25) is 0 Å². The largest absolute Gasteiger partial charge is 0.509 e. The van der Waals surface area contributed by atoms with Crippen molar-refractivity contribution in [1.82, 2.24) is 9.47 Å². The minimum Gasteiger partial charge on any atom is -0.509 e. The van der Waals surface area contributed by atoms with E-state index in [1.54, 1.807) is 10.6 Å². The van der Waals surface area contributed by atoms with Gasteiger partial charge in [-0.15, -0.1) is 0 Å². The summed E-state index contributed by atoms with van der Waals surface area (Å²) in [5.41, 5.74) is -0.109. The molecule has 0 radical (unpaired) electrons. The fourth-order valence-corrected chi connectivity index (χ4v) is 5.76. The molecule has 0 aliphatic carbocycles. The van der Waals surface area contributed by atoms with Crippen molar-refractivity contribution in [2.24, 2.45) is 0 Å². The molecule has 1 saturated heterocycles. The van der Waals surface area contributed by atoms with E-state index in [4.69, 9.17) is 0 Å². The van der Waals surface area contributed by atoms with E-state index in [2.05, 4.69) is 4.90 Å². The SMILES string of the molecule is CC1Sc2c(C(=O)O)c(=O)c3cc(F)c(N4CCN5CC(O)=C(O)C[C@H]5C4)cc3n21. The van der Waals surface area contributed by atoms with E-state index in [0.29, 0.717) is 42.3 Å². The predicted octanol–water partition coefficient (Wildman–Crippen LogP) is 2.68. The Morgan fingerprint density at radius 3 is 2.70 bits per heavy atom. The van der Waals surface area contributed by atoms with Gasteiger partial charge in [0.25, 0.3) is 0 Å². The standard InChI is InChI=1S/C20H20FN3O5S/c1-9-24-13-6-14(23-3-2-22-8-16(26)15(25)4-10(22)7-23)12(21)5-11(13)18(27)17(20(28)29)19(24)30-9/h5-6,9-10,25-26H,2-4,7-8H2,1H3,(H,28,29)/t9?,10-/m0/s1. The van der Waals surface area contributed by atoms with E-state index in [0.717, 1.165) is 6.07 Å². The van der Waals surface area contributed by atoms with Crippen molar-refractivity contribution in [3.05, 3.63) is 45.3 Å². The first kappa shape index (κ1) is 19.3. The first-order valence-electron chi connectivity index (χ1n) is 9.67. The van der Waals surface area contributed by atoms with Crippen LogP contribution in [0.5, 0.6) is 0 Å². The molecule has 0 amide bonds. The number of carboxylic acid groups (broad SMARTS) is 1. The van der Waals surface area contributed by atoms with E-state index in [-0.39, 0.29) is 40.4 Å². The highest BCUT2D eigenvalue weighted by atomic mass is 32.2. The first-order valence-corrected chi connectivity index (χ1v) is 10.5. The van der Waals surface area contributed by atoms with E-state index in [1.807, 2.05) is 11.8 Å². The third-order valence-corrected chi connectivity index (χ3v) is 7.33. The number of nitrogens with zero attached hydrogens (tertiary/aromatic N) is 3. The van der Waals surface area contributed by atoms with Crippen molar-refractivity contribution < 1.29 is 24.5 Å². The summed E-state index contributed by atoms with van der Waals surface area (Å²) < 4.78 is 16.8. The summed E-state index contributed by atoms with van der Waals surface area (Å²) in [4.78, 5) is 28.2. The molecular formula is C20H20FN3O5S. The summed E-state index contributed by atoms with van der Waals surface area (Å²) >= 11 is 1.31. The van der Waals surface area contributed by atoms with Crippen LogP contribution >= 0.6 is 11.8 Å². The molecule has 3 aliphatic heterocycles. The van der Waals surface area contributed by atoms with Crippen LogP contribution in [0, 0.1) is 5.82 Å². The van der Waals surface area contributed by atoms with Gasteiger partial charge in [-0.25, -0.2) is 9.18 Å². The fraction of sp³-hybridized carbons (Fsp3) is 0.400. The summed E-state index contributed by atoms with van der Waals surface area (Å²) in [6.45, 7) is 3.77. The molecule has 0 saturated carbocycles. The summed E-state index contributed by atoms with van der Waals surface area (Å²) in [6, 6.07) is 2.71. The van der Waals surface area contributed by atoms with Gasteiger partial charge in [0, 0.05) is 37.5 Å². The molecule has 4 heterocycles. The quantitative estimate of drug-likeness (QED) is 0.664. The molecule has 1 fully saturated rings. The highest BCUT2D eigenvalue weighted by molar-refractivity contribution is 8.00. The van der Waals surface area contributed by atoms with Crippen LogP contribution in [-0.4, -0.2) is 63.0 Å². The molecule has 3 aliphatic rings. The summed E-state index contributed by atoms with van der Waals surface area (Å²) in [6.07, 6.45) is 0.294. The Balaban J connectivity index is 1.59. The second kappa shape index (κ2) is 6.64. The maximum atomic E-state index is 15.1. The molecule has 1 unspecified atom stereocenters. The second-order valence-corrected chi connectivity index (χ2v) is 9.19. The van der Waals surface area contributed by atoms with Gasteiger partial charge < -0.3 is 24.8 Å². The first-order chi connectivity index (χ1) is 14.3. The number of aliphatic hydroxyl groups excluding tert-OH is 2. The molecule has 0 bridgehead atoms. The van der Waals surface area contributed by atoms with Gasteiger partial charge in [-0.3, -0.25) is 9.69 Å². The minimum absolute atomic E-state index is 0.0176. The lowest BCUT2D eigenvalue weighted by Gasteiger charge is -2.44. The van der Waals surface area contributed by atoms with E-state index in [9.17, 15) is 24.9 Å². The number of thioether (sulfide) groups is 1. The van der Waals surface area contributed by atoms with Gasteiger partial charge in [0.2, 0.25) is 5.43 Å². The van der Waals surface area contributed by atoms with Crippen LogP contribution < -0.4 is 10.3 Å². The summed E-state index contributed by atoms with van der Waals surface area (Å²) in [5.74, 6) is -1.94. The Hall–Kier alpha value is -2.72. The Kier molecular flexibility index (Phi) is 4.26. The Bertz CT molecular complexity index is 1190. The second-order valence-electron chi connectivity index (χ2n) is 7.89. The summed E-state index contributed by atoms with van der Waals surface area (Å²) in [7, 11) is 0. The average molecular weight is 433 g/mol. The monoisotopic (exact) mass is 433 g/mol. The van der Waals surface area contributed by atoms with Gasteiger partial charge >= 0.3 is 5.97 Å². The third kappa shape index (κ3) is 2.70. The molecule has 5 rings (SSSR count). The zero-order valence-corrected chi connectivity index (χ0v) is 16.9. The van der Waals surface area contributed by atoms with Gasteiger partial charge in [0.15, 0.2) is 0 Å². The predicted molar refractivity (Wildman–Crippen MR) is 110 cm³/mol. The maximum Gasteiger partial charge on any atom is 0.342 e. The molecule has 10 heteroatoms. The number of aromatic carboxylic acids is 1. The molecule has 2 atom stereocenters. The van der Waals surface area contributed by atoms with Crippen LogP contribution in [0.25, 0.3) is 10.9 Å².